The van der Waals surface area contributed by atoms with Crippen molar-refractivity contribution >= 4 is 11.6 Å². The maximum Gasteiger partial charge on any atom is 0.0708 e. The predicted octanol–water partition coefficient (Wildman–Crippen LogP) is 4.26. The Morgan fingerprint density at radius 2 is 1.80 bits per heavy atom. The first kappa shape index (κ1) is 15.1. The maximum absolute atomic E-state index is 6.41. The molecular weight excluding hydrogens is 270 g/mol. The number of hydrogen-bond donors (Lipinski definition) is 1. The normalized spacial score (nSPS) is 37.4. The highest BCUT2D eigenvalue weighted by atomic mass is 35.5. The predicted molar refractivity (Wildman–Crippen MR) is 84.4 cm³/mol. The van der Waals surface area contributed by atoms with Crippen LogP contribution in [0.1, 0.15) is 70.6 Å². The van der Waals surface area contributed by atoms with Crippen LogP contribution in [0, 0.1) is 5.92 Å². The Balaban J connectivity index is 1.35. The maximum atomic E-state index is 6.41. The molecule has 1 saturated heterocycles. The van der Waals surface area contributed by atoms with Crippen LogP contribution in [0.5, 0.6) is 0 Å². The Hall–Kier alpha value is 0.210. The van der Waals surface area contributed by atoms with E-state index in [0.717, 1.165) is 19.0 Å². The lowest BCUT2D eigenvalue weighted by molar-refractivity contribution is -0.0625. The second-order valence-electron chi connectivity index (χ2n) is 7.31. The molecular formula is C17H30ClNO. The van der Waals surface area contributed by atoms with E-state index in [9.17, 15) is 0 Å². The Bertz CT molecular complexity index is 303. The number of rotatable bonds is 4. The average Bonchev–Trinajstić information content (AvgIpc) is 2.83. The van der Waals surface area contributed by atoms with Crippen molar-refractivity contribution in [1.29, 1.82) is 0 Å². The zero-order valence-electron chi connectivity index (χ0n) is 12.7. The smallest absolute Gasteiger partial charge is 0.0708 e. The van der Waals surface area contributed by atoms with Gasteiger partial charge in [-0.25, -0.2) is 0 Å². The lowest BCUT2D eigenvalue weighted by Crippen LogP contribution is -2.36. The fraction of sp³-hybridized carbons (Fsp3) is 1.00. The van der Waals surface area contributed by atoms with Gasteiger partial charge < -0.3 is 10.1 Å². The lowest BCUT2D eigenvalue weighted by atomic mass is 9.83. The van der Waals surface area contributed by atoms with Crippen LogP contribution < -0.4 is 5.32 Å². The molecule has 3 aliphatic rings. The summed E-state index contributed by atoms with van der Waals surface area (Å²) in [6, 6.07) is 0. The molecule has 0 aromatic rings. The van der Waals surface area contributed by atoms with Crippen molar-refractivity contribution in [2.75, 3.05) is 13.1 Å². The molecule has 0 aromatic heterocycles. The molecule has 116 valence electrons. The van der Waals surface area contributed by atoms with Crippen LogP contribution in [0.25, 0.3) is 0 Å². The highest BCUT2D eigenvalue weighted by Gasteiger charge is 2.40. The third-order valence-electron chi connectivity index (χ3n) is 5.63. The van der Waals surface area contributed by atoms with Gasteiger partial charge in [0.05, 0.1) is 11.7 Å². The SMILES string of the molecule is ClC1CCCC(CNCC2CCC3(CCCCC3)O2)C1. The van der Waals surface area contributed by atoms with E-state index in [0.29, 0.717) is 11.5 Å². The third-order valence-corrected chi connectivity index (χ3v) is 6.02. The quantitative estimate of drug-likeness (QED) is 0.783. The van der Waals surface area contributed by atoms with Crippen LogP contribution in [0.3, 0.4) is 0 Å². The summed E-state index contributed by atoms with van der Waals surface area (Å²) in [7, 11) is 0. The Kier molecular flexibility index (Phi) is 5.28. The fourth-order valence-corrected chi connectivity index (χ4v) is 4.87. The number of alkyl halides is 1. The number of ether oxygens (including phenoxy) is 1. The first-order valence-corrected chi connectivity index (χ1v) is 9.22. The molecule has 3 rings (SSSR count). The zero-order valence-corrected chi connectivity index (χ0v) is 13.5. The minimum atomic E-state index is 0.274. The van der Waals surface area contributed by atoms with Crippen molar-refractivity contribution in [3.8, 4) is 0 Å². The van der Waals surface area contributed by atoms with Gasteiger partial charge in [0.25, 0.3) is 0 Å². The molecule has 1 aliphatic heterocycles. The van der Waals surface area contributed by atoms with Crippen molar-refractivity contribution in [2.45, 2.75) is 87.7 Å². The minimum absolute atomic E-state index is 0.274. The molecule has 1 spiro atoms. The zero-order chi connectivity index (χ0) is 13.8. The standard InChI is InChI=1S/C17H30ClNO/c18-15-6-4-5-14(11-15)12-19-13-16-7-10-17(20-16)8-2-1-3-9-17/h14-16,19H,1-13H2. The van der Waals surface area contributed by atoms with Gasteiger partial charge in [0.1, 0.15) is 0 Å². The number of nitrogens with one attached hydrogen (secondary N) is 1. The van der Waals surface area contributed by atoms with Gasteiger partial charge in [-0.2, -0.15) is 0 Å². The van der Waals surface area contributed by atoms with Gasteiger partial charge in [0, 0.05) is 11.9 Å². The molecule has 3 unspecified atom stereocenters. The summed E-state index contributed by atoms with van der Waals surface area (Å²) >= 11 is 6.26. The van der Waals surface area contributed by atoms with E-state index in [-0.39, 0.29) is 5.60 Å². The molecule has 2 aliphatic carbocycles. The van der Waals surface area contributed by atoms with Crippen LogP contribution in [0.15, 0.2) is 0 Å². The molecule has 1 N–H and O–H groups in total. The van der Waals surface area contributed by atoms with E-state index in [4.69, 9.17) is 16.3 Å². The van der Waals surface area contributed by atoms with Crippen LogP contribution in [0.2, 0.25) is 0 Å². The second kappa shape index (κ2) is 6.98. The Morgan fingerprint density at radius 3 is 2.60 bits per heavy atom. The first-order chi connectivity index (χ1) is 9.76. The molecule has 2 nitrogen and oxygen atoms in total. The van der Waals surface area contributed by atoms with Gasteiger partial charge in [0.2, 0.25) is 0 Å². The third kappa shape index (κ3) is 3.90. The van der Waals surface area contributed by atoms with Crippen LogP contribution in [0.4, 0.5) is 0 Å². The molecule has 0 radical (unpaired) electrons. The molecule has 0 aromatic carbocycles. The van der Waals surface area contributed by atoms with E-state index in [2.05, 4.69) is 5.32 Å². The summed E-state index contributed by atoms with van der Waals surface area (Å²) in [4.78, 5) is 0. The Labute approximate surface area is 129 Å². The first-order valence-electron chi connectivity index (χ1n) is 8.78. The summed E-state index contributed by atoms with van der Waals surface area (Å²) in [6.07, 6.45) is 14.9. The highest BCUT2D eigenvalue weighted by Crippen LogP contribution is 2.41. The van der Waals surface area contributed by atoms with Gasteiger partial charge in [-0.05, 0) is 57.4 Å². The van der Waals surface area contributed by atoms with Crippen molar-refractivity contribution < 1.29 is 4.74 Å². The fourth-order valence-electron chi connectivity index (χ4n) is 4.46. The summed E-state index contributed by atoms with van der Waals surface area (Å²) in [5.41, 5.74) is 0.274. The van der Waals surface area contributed by atoms with Gasteiger partial charge in [-0.1, -0.05) is 25.7 Å². The largest absolute Gasteiger partial charge is 0.370 e. The molecule has 2 saturated carbocycles. The van der Waals surface area contributed by atoms with E-state index in [1.54, 1.807) is 0 Å². The Morgan fingerprint density at radius 1 is 0.950 bits per heavy atom. The van der Waals surface area contributed by atoms with Gasteiger partial charge in [0.15, 0.2) is 0 Å². The van der Waals surface area contributed by atoms with E-state index >= 15 is 0 Å². The minimum Gasteiger partial charge on any atom is -0.370 e. The van der Waals surface area contributed by atoms with Gasteiger partial charge in [-0.15, -0.1) is 11.6 Å². The second-order valence-corrected chi connectivity index (χ2v) is 7.93. The molecule has 20 heavy (non-hydrogen) atoms. The average molecular weight is 300 g/mol. The number of hydrogen-bond acceptors (Lipinski definition) is 2. The van der Waals surface area contributed by atoms with Crippen LogP contribution >= 0.6 is 11.6 Å². The van der Waals surface area contributed by atoms with Gasteiger partial charge in [-0.3, -0.25) is 0 Å². The van der Waals surface area contributed by atoms with Crippen LogP contribution in [-0.4, -0.2) is 30.2 Å². The molecule has 3 atom stereocenters. The molecule has 3 heteroatoms. The molecule has 1 heterocycles. The van der Waals surface area contributed by atoms with E-state index in [1.807, 2.05) is 0 Å². The van der Waals surface area contributed by atoms with Gasteiger partial charge >= 0.3 is 0 Å². The summed E-state index contributed by atoms with van der Waals surface area (Å²) in [5.74, 6) is 0.788. The summed E-state index contributed by atoms with van der Waals surface area (Å²) in [5, 5.41) is 4.08. The van der Waals surface area contributed by atoms with Crippen molar-refractivity contribution in [1.82, 2.24) is 5.32 Å². The summed E-state index contributed by atoms with van der Waals surface area (Å²) in [6.45, 7) is 2.18. The van der Waals surface area contributed by atoms with E-state index in [1.165, 1.54) is 70.6 Å². The van der Waals surface area contributed by atoms with E-state index < -0.39 is 0 Å². The van der Waals surface area contributed by atoms with Crippen molar-refractivity contribution in [2.24, 2.45) is 5.92 Å². The topological polar surface area (TPSA) is 21.3 Å². The van der Waals surface area contributed by atoms with Crippen LogP contribution in [-0.2, 0) is 4.74 Å². The molecule has 3 fully saturated rings. The highest BCUT2D eigenvalue weighted by molar-refractivity contribution is 6.20. The number of halogens is 1. The summed E-state index contributed by atoms with van der Waals surface area (Å²) < 4.78 is 6.41. The van der Waals surface area contributed by atoms with Crippen molar-refractivity contribution in [3.63, 3.8) is 0 Å². The lowest BCUT2D eigenvalue weighted by Gasteiger charge is -2.33. The molecule has 0 bridgehead atoms. The monoisotopic (exact) mass is 299 g/mol. The van der Waals surface area contributed by atoms with Crippen molar-refractivity contribution in [3.05, 3.63) is 0 Å². The molecule has 0 amide bonds.